The van der Waals surface area contributed by atoms with Gasteiger partial charge in [0.1, 0.15) is 11.5 Å². The predicted molar refractivity (Wildman–Crippen MR) is 104 cm³/mol. The molecule has 0 saturated heterocycles. The highest BCUT2D eigenvalue weighted by Gasteiger charge is 2.39. The summed E-state index contributed by atoms with van der Waals surface area (Å²) in [6, 6.07) is 3.32. The number of benzene rings is 1. The van der Waals surface area contributed by atoms with Gasteiger partial charge in [0.15, 0.2) is 0 Å². The summed E-state index contributed by atoms with van der Waals surface area (Å²) >= 11 is 0. The average molecular weight is 345 g/mol. The third-order valence-electron chi connectivity index (χ3n) is 7.03. The molecule has 0 radical (unpaired) electrons. The fraction of sp³-hybridized carbons (Fsp3) is 0.739. The van der Waals surface area contributed by atoms with Crippen LogP contribution in [-0.4, -0.2) is 10.2 Å². The van der Waals surface area contributed by atoms with Crippen LogP contribution in [0.4, 0.5) is 0 Å². The van der Waals surface area contributed by atoms with Crippen LogP contribution in [0.25, 0.3) is 0 Å². The summed E-state index contributed by atoms with van der Waals surface area (Å²) in [5.74, 6) is 0.747. The maximum atomic E-state index is 10.3. The Hall–Kier alpha value is -1.18. The van der Waals surface area contributed by atoms with E-state index in [-0.39, 0.29) is 0 Å². The molecule has 0 spiro atoms. The fourth-order valence-corrected chi connectivity index (χ4v) is 4.30. The summed E-state index contributed by atoms with van der Waals surface area (Å²) in [4.78, 5) is 0. The van der Waals surface area contributed by atoms with Gasteiger partial charge in [-0.2, -0.15) is 0 Å². The second-order valence-electron chi connectivity index (χ2n) is 9.14. The molecule has 2 heteroatoms. The molecule has 1 aromatic rings. The van der Waals surface area contributed by atoms with E-state index >= 15 is 0 Å². The molecule has 2 aliphatic carbocycles. The Balaban J connectivity index is 1.50. The summed E-state index contributed by atoms with van der Waals surface area (Å²) in [6.45, 7) is 4.70. The van der Waals surface area contributed by atoms with Gasteiger partial charge in [-0.3, -0.25) is 0 Å². The average Bonchev–Trinajstić information content (AvgIpc) is 3.51. The minimum absolute atomic E-state index is 0.373. The highest BCUT2D eigenvalue weighted by molar-refractivity contribution is 5.47. The zero-order valence-corrected chi connectivity index (χ0v) is 16.2. The molecule has 1 aromatic carbocycles. The van der Waals surface area contributed by atoms with Crippen molar-refractivity contribution in [2.75, 3.05) is 0 Å². The first-order chi connectivity index (χ1) is 12.0. The van der Waals surface area contributed by atoms with E-state index in [1.165, 1.54) is 57.8 Å². The Bertz CT molecular complexity index is 582. The number of hydrogen-bond donors (Lipinski definition) is 2. The van der Waals surface area contributed by atoms with Crippen LogP contribution in [0.1, 0.15) is 95.6 Å². The van der Waals surface area contributed by atoms with Crippen molar-refractivity contribution in [1.29, 1.82) is 0 Å². The van der Waals surface area contributed by atoms with E-state index in [2.05, 4.69) is 13.8 Å². The quantitative estimate of drug-likeness (QED) is 0.354. The third-order valence-corrected chi connectivity index (χ3v) is 7.03. The molecule has 0 amide bonds. The number of aromatic hydroxyl groups is 2. The largest absolute Gasteiger partial charge is 0.508 e. The summed E-state index contributed by atoms with van der Waals surface area (Å²) in [5.41, 5.74) is 3.27. The van der Waals surface area contributed by atoms with Crippen molar-refractivity contribution >= 4 is 0 Å². The van der Waals surface area contributed by atoms with Gasteiger partial charge in [0, 0.05) is 11.1 Å². The summed E-state index contributed by atoms with van der Waals surface area (Å²) < 4.78 is 0. The van der Waals surface area contributed by atoms with Crippen LogP contribution in [0.3, 0.4) is 0 Å². The van der Waals surface area contributed by atoms with Crippen LogP contribution >= 0.6 is 0 Å². The van der Waals surface area contributed by atoms with E-state index < -0.39 is 0 Å². The topological polar surface area (TPSA) is 40.5 Å². The molecule has 140 valence electrons. The Morgan fingerprint density at radius 1 is 0.800 bits per heavy atom. The van der Waals surface area contributed by atoms with Crippen molar-refractivity contribution < 1.29 is 10.2 Å². The van der Waals surface area contributed by atoms with Crippen molar-refractivity contribution in [1.82, 2.24) is 0 Å². The van der Waals surface area contributed by atoms with Crippen LogP contribution in [0, 0.1) is 10.8 Å². The van der Waals surface area contributed by atoms with Gasteiger partial charge in [0.05, 0.1) is 0 Å². The molecular formula is C23H36O2. The molecule has 0 aromatic heterocycles. The first-order valence-corrected chi connectivity index (χ1v) is 10.5. The SMILES string of the molecule is CCC1(CCCCc2c(O)ccc(O)c2CCCCC2(C)CC2)CC1. The molecule has 0 unspecified atom stereocenters. The monoisotopic (exact) mass is 344 g/mol. The van der Waals surface area contributed by atoms with Crippen molar-refractivity contribution in [3.05, 3.63) is 23.3 Å². The maximum Gasteiger partial charge on any atom is 0.119 e. The third kappa shape index (κ3) is 4.92. The molecule has 2 saturated carbocycles. The lowest BCUT2D eigenvalue weighted by Crippen LogP contribution is -2.01. The molecule has 0 heterocycles. The van der Waals surface area contributed by atoms with Gasteiger partial charge in [-0.25, -0.2) is 0 Å². The van der Waals surface area contributed by atoms with Crippen LogP contribution < -0.4 is 0 Å². The van der Waals surface area contributed by atoms with Gasteiger partial charge in [-0.1, -0.05) is 33.1 Å². The zero-order chi connectivity index (χ0) is 17.9. The van der Waals surface area contributed by atoms with Gasteiger partial charge >= 0.3 is 0 Å². The number of unbranched alkanes of at least 4 members (excludes halogenated alkanes) is 2. The van der Waals surface area contributed by atoms with Crippen LogP contribution in [0.15, 0.2) is 12.1 Å². The van der Waals surface area contributed by atoms with Crippen molar-refractivity contribution in [2.24, 2.45) is 10.8 Å². The molecule has 0 aliphatic heterocycles. The second-order valence-corrected chi connectivity index (χ2v) is 9.14. The summed E-state index contributed by atoms with van der Waals surface area (Å²) in [7, 11) is 0. The van der Waals surface area contributed by atoms with Gasteiger partial charge in [-0.05, 0) is 87.2 Å². The smallest absolute Gasteiger partial charge is 0.119 e. The predicted octanol–water partition coefficient (Wildman–Crippen LogP) is 6.51. The van der Waals surface area contributed by atoms with Crippen molar-refractivity contribution in [3.63, 3.8) is 0 Å². The number of hydrogen-bond acceptors (Lipinski definition) is 2. The van der Waals surface area contributed by atoms with Gasteiger partial charge < -0.3 is 10.2 Å². The first kappa shape index (κ1) is 18.6. The number of phenols is 2. The van der Waals surface area contributed by atoms with E-state index in [0.29, 0.717) is 22.3 Å². The summed E-state index contributed by atoms with van der Waals surface area (Å²) in [5, 5.41) is 20.6. The van der Waals surface area contributed by atoms with E-state index in [9.17, 15) is 10.2 Å². The lowest BCUT2D eigenvalue weighted by molar-refractivity contribution is 0.420. The van der Waals surface area contributed by atoms with E-state index in [0.717, 1.165) is 36.8 Å². The molecule has 0 atom stereocenters. The molecule has 2 aliphatic rings. The van der Waals surface area contributed by atoms with Crippen LogP contribution in [0.2, 0.25) is 0 Å². The molecular weight excluding hydrogens is 308 g/mol. The number of phenolic OH excluding ortho intramolecular Hbond substituents is 2. The minimum atomic E-state index is 0.373. The first-order valence-electron chi connectivity index (χ1n) is 10.5. The highest BCUT2D eigenvalue weighted by atomic mass is 16.3. The minimum Gasteiger partial charge on any atom is -0.508 e. The van der Waals surface area contributed by atoms with Gasteiger partial charge in [0.2, 0.25) is 0 Å². The lowest BCUT2D eigenvalue weighted by Gasteiger charge is -2.15. The lowest BCUT2D eigenvalue weighted by atomic mass is 9.91. The van der Waals surface area contributed by atoms with Crippen molar-refractivity contribution in [3.8, 4) is 11.5 Å². The molecule has 2 nitrogen and oxygen atoms in total. The Labute approximate surface area is 153 Å². The normalized spacial score (nSPS) is 19.8. The highest BCUT2D eigenvalue weighted by Crippen LogP contribution is 2.52. The molecule has 2 fully saturated rings. The summed E-state index contributed by atoms with van der Waals surface area (Å²) in [6.07, 6.45) is 16.0. The molecule has 3 rings (SSSR count). The van der Waals surface area contributed by atoms with E-state index in [1.807, 2.05) is 0 Å². The number of rotatable bonds is 11. The standard InChI is InChI=1S/C23H36O2/c1-3-23(16-17-23)13-7-5-9-19-18(20(24)10-11-21(19)25)8-4-6-12-22(2)14-15-22/h10-11,24-25H,3-9,12-17H2,1-2H3. The van der Waals surface area contributed by atoms with Gasteiger partial charge in [0.25, 0.3) is 0 Å². The second kappa shape index (κ2) is 7.60. The van der Waals surface area contributed by atoms with E-state index in [1.54, 1.807) is 12.1 Å². The Morgan fingerprint density at radius 3 is 1.76 bits per heavy atom. The molecule has 0 bridgehead atoms. The van der Waals surface area contributed by atoms with E-state index in [4.69, 9.17) is 0 Å². The maximum absolute atomic E-state index is 10.3. The van der Waals surface area contributed by atoms with Crippen molar-refractivity contribution in [2.45, 2.75) is 97.3 Å². The van der Waals surface area contributed by atoms with Gasteiger partial charge in [-0.15, -0.1) is 0 Å². The fourth-order valence-electron chi connectivity index (χ4n) is 4.30. The van der Waals surface area contributed by atoms with Crippen LogP contribution in [-0.2, 0) is 12.8 Å². The molecule has 2 N–H and O–H groups in total. The van der Waals surface area contributed by atoms with Crippen LogP contribution in [0.5, 0.6) is 11.5 Å². The zero-order valence-electron chi connectivity index (χ0n) is 16.2. The Kier molecular flexibility index (Phi) is 5.65. The molecule has 25 heavy (non-hydrogen) atoms. The Morgan fingerprint density at radius 2 is 1.32 bits per heavy atom.